The van der Waals surface area contributed by atoms with Crippen LogP contribution in [-0.4, -0.2) is 76.3 Å². The molecule has 0 spiro atoms. The van der Waals surface area contributed by atoms with Crippen LogP contribution in [0.5, 0.6) is 0 Å². The van der Waals surface area contributed by atoms with Gasteiger partial charge in [-0.3, -0.25) is 9.59 Å². The van der Waals surface area contributed by atoms with Gasteiger partial charge in [0.15, 0.2) is 12.4 Å². The number of hydrogen-bond acceptors (Lipinski definition) is 9. The van der Waals surface area contributed by atoms with Gasteiger partial charge < -0.3 is 34.6 Å². The molecule has 1 saturated heterocycles. The van der Waals surface area contributed by atoms with Gasteiger partial charge >= 0.3 is 11.9 Å². The van der Waals surface area contributed by atoms with Crippen LogP contribution < -0.4 is 0 Å². The molecule has 1 aliphatic heterocycles. The predicted molar refractivity (Wildman–Crippen MR) is 195 cm³/mol. The number of rotatable bonds is 30. The molecular formula is C40H72O9. The highest BCUT2D eigenvalue weighted by Crippen LogP contribution is 2.29. The number of carbonyl (C=O) groups is 2. The summed E-state index contributed by atoms with van der Waals surface area (Å²) in [5, 5.41) is 40.3. The summed E-state index contributed by atoms with van der Waals surface area (Å²) in [5.41, 5.74) is 0. The van der Waals surface area contributed by atoms with Gasteiger partial charge in [-0.15, -0.1) is 0 Å². The summed E-state index contributed by atoms with van der Waals surface area (Å²) < 4.78 is 16.2. The molecule has 9 nitrogen and oxygen atoms in total. The lowest BCUT2D eigenvalue weighted by molar-refractivity contribution is -0.199. The lowest BCUT2D eigenvalue weighted by Gasteiger charge is -2.36. The van der Waals surface area contributed by atoms with E-state index in [0.29, 0.717) is 32.1 Å². The van der Waals surface area contributed by atoms with Gasteiger partial charge in [-0.1, -0.05) is 135 Å². The second-order valence-corrected chi connectivity index (χ2v) is 14.1. The van der Waals surface area contributed by atoms with Crippen molar-refractivity contribution < 1.29 is 44.2 Å². The third kappa shape index (κ3) is 24.1. The standard InChI is InChI=1S/C40H72O9/c1-4-6-17-23-33(42)27-28-37-35(36(43)29-40(46)49-37)24-19-15-16-20-25-38(44)47-31-34(30-41)48-39(45)26-21-14-12-10-8-7-9-11-13-18-22-32(3)5-2/h15,19,27-28,32-37,40-43,46H,4-14,16-18,20-26,29-31H2,1-3H3/b19-15-,28-27+/t32?,33-,34-,35-,36-,37+,40?/m0/s1. The predicted octanol–water partition coefficient (Wildman–Crippen LogP) is 7.86. The van der Waals surface area contributed by atoms with E-state index in [1.807, 2.05) is 12.2 Å². The molecule has 0 aromatic rings. The van der Waals surface area contributed by atoms with E-state index in [-0.39, 0.29) is 31.3 Å². The Labute approximate surface area is 297 Å². The van der Waals surface area contributed by atoms with E-state index in [1.165, 1.54) is 57.8 Å². The molecule has 9 heteroatoms. The first-order chi connectivity index (χ1) is 23.7. The van der Waals surface area contributed by atoms with Crippen LogP contribution in [0.1, 0.15) is 162 Å². The summed E-state index contributed by atoms with van der Waals surface area (Å²) in [6.45, 7) is 6.15. The first-order valence-electron chi connectivity index (χ1n) is 19.7. The van der Waals surface area contributed by atoms with E-state index in [4.69, 9.17) is 14.2 Å². The minimum Gasteiger partial charge on any atom is -0.462 e. The zero-order valence-electron chi connectivity index (χ0n) is 31.2. The summed E-state index contributed by atoms with van der Waals surface area (Å²) in [6.07, 6.45) is 24.3. The Hall–Kier alpha value is -1.78. The minimum absolute atomic E-state index is 0.136. The van der Waals surface area contributed by atoms with Crippen molar-refractivity contribution in [1.29, 1.82) is 0 Å². The molecular weight excluding hydrogens is 624 g/mol. The van der Waals surface area contributed by atoms with Crippen molar-refractivity contribution in [3.63, 3.8) is 0 Å². The number of allylic oxidation sites excluding steroid dienone is 2. The van der Waals surface area contributed by atoms with Crippen LogP contribution >= 0.6 is 0 Å². The van der Waals surface area contributed by atoms with Crippen molar-refractivity contribution in [2.75, 3.05) is 13.2 Å². The van der Waals surface area contributed by atoms with Gasteiger partial charge in [0.1, 0.15) is 6.61 Å². The fourth-order valence-corrected chi connectivity index (χ4v) is 6.10. The van der Waals surface area contributed by atoms with Crippen LogP contribution in [-0.2, 0) is 23.8 Å². The Kier molecular flexibility index (Phi) is 27.6. The van der Waals surface area contributed by atoms with E-state index < -0.39 is 43.3 Å². The van der Waals surface area contributed by atoms with Crippen LogP contribution in [0, 0.1) is 11.8 Å². The summed E-state index contributed by atoms with van der Waals surface area (Å²) >= 11 is 0. The fourth-order valence-electron chi connectivity index (χ4n) is 6.10. The van der Waals surface area contributed by atoms with Crippen molar-refractivity contribution in [2.45, 2.75) is 193 Å². The molecule has 286 valence electrons. The monoisotopic (exact) mass is 697 g/mol. The molecule has 0 radical (unpaired) electrons. The lowest BCUT2D eigenvalue weighted by atomic mass is 9.87. The maximum Gasteiger partial charge on any atom is 0.306 e. The second-order valence-electron chi connectivity index (χ2n) is 14.1. The molecule has 0 aromatic heterocycles. The highest BCUT2D eigenvalue weighted by Gasteiger charge is 2.35. The van der Waals surface area contributed by atoms with E-state index in [2.05, 4.69) is 20.8 Å². The molecule has 1 heterocycles. The van der Waals surface area contributed by atoms with Gasteiger partial charge in [-0.25, -0.2) is 0 Å². The fraction of sp³-hybridized carbons (Fsp3) is 0.850. The molecule has 0 saturated carbocycles. The van der Waals surface area contributed by atoms with E-state index in [9.17, 15) is 30.0 Å². The Morgan fingerprint density at radius 3 is 2.12 bits per heavy atom. The second kappa shape index (κ2) is 29.9. The Morgan fingerprint density at radius 2 is 1.47 bits per heavy atom. The Bertz CT molecular complexity index is 876. The van der Waals surface area contributed by atoms with Gasteiger partial charge in [0.2, 0.25) is 0 Å². The van der Waals surface area contributed by atoms with Crippen molar-refractivity contribution >= 4 is 11.9 Å². The smallest absolute Gasteiger partial charge is 0.306 e. The van der Waals surface area contributed by atoms with Crippen LogP contribution in [0.4, 0.5) is 0 Å². The number of hydrogen-bond donors (Lipinski definition) is 4. The van der Waals surface area contributed by atoms with Crippen LogP contribution in [0.25, 0.3) is 0 Å². The normalized spacial score (nSPS) is 21.6. The molecule has 0 aromatic carbocycles. The molecule has 7 atom stereocenters. The first kappa shape index (κ1) is 45.2. The third-order valence-electron chi connectivity index (χ3n) is 9.58. The first-order valence-corrected chi connectivity index (χ1v) is 19.7. The zero-order valence-corrected chi connectivity index (χ0v) is 31.2. The number of ether oxygens (including phenoxy) is 3. The van der Waals surface area contributed by atoms with Crippen LogP contribution in [0.3, 0.4) is 0 Å². The number of aliphatic hydroxyl groups is 4. The summed E-state index contributed by atoms with van der Waals surface area (Å²) in [6, 6.07) is 0. The average molecular weight is 697 g/mol. The highest BCUT2D eigenvalue weighted by molar-refractivity contribution is 5.70. The number of aliphatic hydroxyl groups excluding tert-OH is 4. The van der Waals surface area contributed by atoms with Crippen molar-refractivity contribution in [2.24, 2.45) is 11.8 Å². The minimum atomic E-state index is -1.05. The SMILES string of the molecule is CCCCC[C@H](O)/C=C/[C@H]1OC(O)C[C@H](O)[C@@H]1C/C=C\CCCC(=O)OC[C@H](CO)OC(=O)CCCCCCCCCCCCC(C)CC. The van der Waals surface area contributed by atoms with Gasteiger partial charge in [-0.05, 0) is 38.0 Å². The highest BCUT2D eigenvalue weighted by atomic mass is 16.6. The number of carbonyl (C=O) groups excluding carboxylic acids is 2. The van der Waals surface area contributed by atoms with Gasteiger partial charge in [0, 0.05) is 25.2 Å². The van der Waals surface area contributed by atoms with Crippen molar-refractivity contribution in [3.8, 4) is 0 Å². The van der Waals surface area contributed by atoms with Gasteiger partial charge in [0.25, 0.3) is 0 Å². The molecule has 49 heavy (non-hydrogen) atoms. The largest absolute Gasteiger partial charge is 0.462 e. The van der Waals surface area contributed by atoms with E-state index in [0.717, 1.165) is 44.4 Å². The molecule has 1 aliphatic rings. The molecule has 0 bridgehead atoms. The summed E-state index contributed by atoms with van der Waals surface area (Å²) in [4.78, 5) is 24.4. The van der Waals surface area contributed by atoms with Crippen LogP contribution in [0.2, 0.25) is 0 Å². The molecule has 1 rings (SSSR count). The lowest BCUT2D eigenvalue weighted by Crippen LogP contribution is -2.43. The molecule has 1 fully saturated rings. The van der Waals surface area contributed by atoms with E-state index >= 15 is 0 Å². The number of esters is 2. The maximum absolute atomic E-state index is 12.2. The quantitative estimate of drug-likeness (QED) is 0.0335. The molecule has 0 amide bonds. The van der Waals surface area contributed by atoms with Crippen LogP contribution in [0.15, 0.2) is 24.3 Å². The molecule has 2 unspecified atom stereocenters. The molecule has 0 aliphatic carbocycles. The average Bonchev–Trinajstić information content (AvgIpc) is 3.08. The third-order valence-corrected chi connectivity index (χ3v) is 9.58. The van der Waals surface area contributed by atoms with E-state index in [1.54, 1.807) is 12.2 Å². The Morgan fingerprint density at radius 1 is 0.837 bits per heavy atom. The maximum atomic E-state index is 12.2. The van der Waals surface area contributed by atoms with Gasteiger partial charge in [-0.2, -0.15) is 0 Å². The van der Waals surface area contributed by atoms with Gasteiger partial charge in [0.05, 0.1) is 24.9 Å². The van der Waals surface area contributed by atoms with Crippen molar-refractivity contribution in [3.05, 3.63) is 24.3 Å². The molecule has 4 N–H and O–H groups in total. The summed E-state index contributed by atoms with van der Waals surface area (Å²) in [5.74, 6) is -0.186. The topological polar surface area (TPSA) is 143 Å². The summed E-state index contributed by atoms with van der Waals surface area (Å²) in [7, 11) is 0. The zero-order chi connectivity index (χ0) is 36.1. The Balaban J connectivity index is 2.17. The number of unbranched alkanes of at least 4 members (excludes halogenated alkanes) is 12. The van der Waals surface area contributed by atoms with Crippen molar-refractivity contribution in [1.82, 2.24) is 0 Å².